The molecule has 1 aromatic carbocycles. The zero-order valence-electron chi connectivity index (χ0n) is 14.7. The van der Waals surface area contributed by atoms with Crippen LogP contribution in [-0.4, -0.2) is 34.5 Å². The van der Waals surface area contributed by atoms with Crippen molar-refractivity contribution in [3.8, 4) is 17.4 Å². The molecule has 1 atom stereocenters. The summed E-state index contributed by atoms with van der Waals surface area (Å²) in [5.41, 5.74) is 2.32. The Morgan fingerprint density at radius 1 is 1.22 bits per heavy atom. The maximum atomic E-state index is 12.6. The van der Waals surface area contributed by atoms with Gasteiger partial charge in [-0.1, -0.05) is 6.07 Å². The van der Waals surface area contributed by atoms with Crippen LogP contribution in [0.15, 0.2) is 48.9 Å². The van der Waals surface area contributed by atoms with Crippen LogP contribution in [0.2, 0.25) is 0 Å². The normalized spacial score (nSPS) is 15.7. The van der Waals surface area contributed by atoms with Crippen molar-refractivity contribution in [2.24, 2.45) is 0 Å². The number of nitrogens with one attached hydrogen (secondary N) is 3. The minimum absolute atomic E-state index is 0.175. The molecule has 138 valence electrons. The predicted molar refractivity (Wildman–Crippen MR) is 99.0 cm³/mol. The highest BCUT2D eigenvalue weighted by Gasteiger charge is 2.28. The number of pyridine rings is 1. The van der Waals surface area contributed by atoms with Crippen LogP contribution in [0.25, 0.3) is 0 Å². The number of benzene rings is 1. The van der Waals surface area contributed by atoms with Crippen LogP contribution in [0, 0.1) is 0 Å². The maximum absolute atomic E-state index is 12.6. The number of carbonyl (C=O) groups is 1. The third-order valence-electron chi connectivity index (χ3n) is 4.28. The third kappa shape index (κ3) is 3.75. The second kappa shape index (κ2) is 7.46. The number of hydrogen-bond acceptors (Lipinski definition) is 6. The van der Waals surface area contributed by atoms with E-state index < -0.39 is 6.04 Å². The highest BCUT2D eigenvalue weighted by atomic mass is 16.5. The zero-order valence-corrected chi connectivity index (χ0v) is 14.7. The third-order valence-corrected chi connectivity index (χ3v) is 4.28. The van der Waals surface area contributed by atoms with Crippen molar-refractivity contribution >= 4 is 11.6 Å². The molecule has 1 unspecified atom stereocenters. The number of ether oxygens (including phenoxy) is 2. The van der Waals surface area contributed by atoms with E-state index in [1.54, 1.807) is 37.8 Å². The number of H-pyrrole nitrogens is 1. The maximum Gasteiger partial charge on any atom is 0.247 e. The Hall–Kier alpha value is -3.39. The van der Waals surface area contributed by atoms with E-state index in [1.165, 1.54) is 0 Å². The molecule has 3 heterocycles. The quantitative estimate of drug-likeness (QED) is 0.642. The number of anilines is 1. The van der Waals surface area contributed by atoms with Gasteiger partial charge in [0.05, 0.1) is 31.0 Å². The van der Waals surface area contributed by atoms with Crippen molar-refractivity contribution in [3.05, 3.63) is 60.3 Å². The fourth-order valence-corrected chi connectivity index (χ4v) is 2.95. The van der Waals surface area contributed by atoms with Gasteiger partial charge in [-0.2, -0.15) is 0 Å². The van der Waals surface area contributed by atoms with Crippen LogP contribution in [-0.2, 0) is 11.2 Å². The Bertz CT molecular complexity index is 939. The minimum Gasteiger partial charge on any atom is -0.497 e. The molecule has 0 saturated heterocycles. The molecule has 27 heavy (non-hydrogen) atoms. The lowest BCUT2D eigenvalue weighted by molar-refractivity contribution is -0.118. The van der Waals surface area contributed by atoms with E-state index in [4.69, 9.17) is 9.47 Å². The summed E-state index contributed by atoms with van der Waals surface area (Å²) in [5, 5.41) is 6.04. The predicted octanol–water partition coefficient (Wildman–Crippen LogP) is 2.43. The minimum atomic E-state index is -0.479. The van der Waals surface area contributed by atoms with E-state index in [2.05, 4.69) is 25.6 Å². The van der Waals surface area contributed by atoms with E-state index in [0.717, 1.165) is 24.4 Å². The van der Waals surface area contributed by atoms with E-state index >= 15 is 0 Å². The van der Waals surface area contributed by atoms with Crippen molar-refractivity contribution in [2.75, 3.05) is 19.0 Å². The van der Waals surface area contributed by atoms with Crippen molar-refractivity contribution in [1.82, 2.24) is 20.3 Å². The molecule has 0 aliphatic carbocycles. The van der Waals surface area contributed by atoms with Crippen LogP contribution in [0.1, 0.15) is 17.4 Å². The molecule has 8 nitrogen and oxygen atoms in total. The molecule has 0 saturated carbocycles. The molecule has 0 bridgehead atoms. The first-order valence-electron chi connectivity index (χ1n) is 8.57. The number of rotatable bonds is 5. The summed E-state index contributed by atoms with van der Waals surface area (Å²) in [5.74, 6) is 1.57. The molecule has 3 aromatic rings. The number of imidazole rings is 1. The second-order valence-electron chi connectivity index (χ2n) is 6.06. The summed E-state index contributed by atoms with van der Waals surface area (Å²) in [4.78, 5) is 24.1. The Labute approximate surface area is 156 Å². The first-order chi connectivity index (χ1) is 13.2. The molecule has 1 aliphatic heterocycles. The summed E-state index contributed by atoms with van der Waals surface area (Å²) in [6.45, 7) is 0.721. The second-order valence-corrected chi connectivity index (χ2v) is 6.06. The summed E-state index contributed by atoms with van der Waals surface area (Å²) in [6, 6.07) is 10.2. The lowest BCUT2D eigenvalue weighted by atomic mass is 10.0. The number of fused-ring (bicyclic) bond motifs is 1. The van der Waals surface area contributed by atoms with Crippen molar-refractivity contribution < 1.29 is 14.3 Å². The van der Waals surface area contributed by atoms with Gasteiger partial charge in [0.2, 0.25) is 11.8 Å². The average molecular weight is 365 g/mol. The monoisotopic (exact) mass is 365 g/mol. The van der Waals surface area contributed by atoms with Crippen molar-refractivity contribution in [1.29, 1.82) is 0 Å². The Morgan fingerprint density at radius 2 is 2.11 bits per heavy atom. The largest absolute Gasteiger partial charge is 0.497 e. The molecule has 1 aliphatic rings. The summed E-state index contributed by atoms with van der Waals surface area (Å²) < 4.78 is 10.9. The topological polar surface area (TPSA) is 101 Å². The zero-order chi connectivity index (χ0) is 18.6. The first-order valence-corrected chi connectivity index (χ1v) is 8.57. The fourth-order valence-electron chi connectivity index (χ4n) is 2.95. The van der Waals surface area contributed by atoms with Gasteiger partial charge in [0, 0.05) is 30.8 Å². The molecule has 0 fully saturated rings. The Kier molecular flexibility index (Phi) is 4.71. The number of aromatic nitrogens is 3. The highest BCUT2D eigenvalue weighted by Crippen LogP contribution is 2.25. The lowest BCUT2D eigenvalue weighted by Gasteiger charge is -2.22. The highest BCUT2D eigenvalue weighted by molar-refractivity contribution is 5.95. The number of hydrogen-bond donors (Lipinski definition) is 3. The van der Waals surface area contributed by atoms with E-state index in [9.17, 15) is 4.79 Å². The van der Waals surface area contributed by atoms with E-state index in [0.29, 0.717) is 23.1 Å². The van der Waals surface area contributed by atoms with Crippen LogP contribution in [0.3, 0.4) is 0 Å². The molecule has 0 radical (unpaired) electrons. The molecular formula is C19H19N5O3. The molecule has 8 heteroatoms. The summed E-state index contributed by atoms with van der Waals surface area (Å²) in [7, 11) is 1.60. The standard InChI is InChI=1S/C19H19N5O3/c1-26-13-3-2-4-14(9-13)27-16-6-5-12(10-21-16)24-19(25)18-17-15(7-8-20-18)22-11-23-17/h2-6,9-11,18,20H,7-8H2,1H3,(H,22,23)(H,24,25). The number of carbonyl (C=O) groups excluding carboxylic acids is 1. The number of nitrogens with zero attached hydrogens (tertiary/aromatic N) is 2. The average Bonchev–Trinajstić information content (AvgIpc) is 3.18. The van der Waals surface area contributed by atoms with Gasteiger partial charge in [-0.25, -0.2) is 9.97 Å². The van der Waals surface area contributed by atoms with Crippen molar-refractivity contribution in [3.63, 3.8) is 0 Å². The first kappa shape index (κ1) is 17.0. The molecule has 1 amide bonds. The lowest BCUT2D eigenvalue weighted by Crippen LogP contribution is -2.38. The SMILES string of the molecule is COc1cccc(Oc2ccc(NC(=O)C3NCCc4[nH]cnc43)cn2)c1. The van der Waals surface area contributed by atoms with Gasteiger partial charge in [0.1, 0.15) is 17.5 Å². The summed E-state index contributed by atoms with van der Waals surface area (Å²) in [6.07, 6.45) is 4.00. The van der Waals surface area contributed by atoms with Gasteiger partial charge >= 0.3 is 0 Å². The molecular weight excluding hydrogens is 346 g/mol. The van der Waals surface area contributed by atoms with Gasteiger partial charge in [-0.15, -0.1) is 0 Å². The van der Waals surface area contributed by atoms with Crippen molar-refractivity contribution in [2.45, 2.75) is 12.5 Å². The number of amides is 1. The van der Waals surface area contributed by atoms with Gasteiger partial charge < -0.3 is 25.1 Å². The smallest absolute Gasteiger partial charge is 0.247 e. The molecule has 4 rings (SSSR count). The van der Waals surface area contributed by atoms with Crippen LogP contribution < -0.4 is 20.1 Å². The van der Waals surface area contributed by atoms with Gasteiger partial charge in [0.15, 0.2) is 0 Å². The van der Waals surface area contributed by atoms with Gasteiger partial charge in [0.25, 0.3) is 0 Å². The molecule has 2 aromatic heterocycles. The Morgan fingerprint density at radius 3 is 2.93 bits per heavy atom. The van der Waals surface area contributed by atoms with Crippen LogP contribution in [0.4, 0.5) is 5.69 Å². The van der Waals surface area contributed by atoms with Crippen LogP contribution >= 0.6 is 0 Å². The fraction of sp³-hybridized carbons (Fsp3) is 0.211. The van der Waals surface area contributed by atoms with Gasteiger partial charge in [-0.05, 0) is 18.2 Å². The van der Waals surface area contributed by atoms with Crippen LogP contribution in [0.5, 0.6) is 17.4 Å². The van der Waals surface area contributed by atoms with E-state index in [-0.39, 0.29) is 5.91 Å². The number of methoxy groups -OCH3 is 1. The molecule has 0 spiro atoms. The summed E-state index contributed by atoms with van der Waals surface area (Å²) >= 11 is 0. The van der Waals surface area contributed by atoms with E-state index in [1.807, 2.05) is 18.2 Å². The molecule has 3 N–H and O–H groups in total. The number of aromatic amines is 1. The van der Waals surface area contributed by atoms with Gasteiger partial charge in [-0.3, -0.25) is 4.79 Å². The Balaban J connectivity index is 1.41.